The fourth-order valence-electron chi connectivity index (χ4n) is 0.866. The predicted octanol–water partition coefficient (Wildman–Crippen LogP) is 2.06. The number of hydrogen-bond donors (Lipinski definition) is 2. The van der Waals surface area contributed by atoms with Gasteiger partial charge in [0.2, 0.25) is 12.4 Å². The first-order valence-electron chi connectivity index (χ1n) is 3.48. The minimum atomic E-state index is -1.99. The molecule has 4 nitrogen and oxygen atoms in total. The minimum Gasteiger partial charge on any atom is -0.504 e. The topological polar surface area (TPSA) is 69.9 Å². The van der Waals surface area contributed by atoms with Gasteiger partial charge in [0.05, 0.1) is 5.02 Å². The molecule has 0 radical (unpaired) electrons. The number of benzene rings is 1. The summed E-state index contributed by atoms with van der Waals surface area (Å²) < 4.78 is 13.0. The summed E-state index contributed by atoms with van der Waals surface area (Å²) in [5.74, 6) is -1.01. The van der Waals surface area contributed by atoms with Gasteiger partial charge in [-0.2, -0.15) is 4.99 Å². The van der Waals surface area contributed by atoms with Gasteiger partial charge in [0.15, 0.2) is 11.5 Å². The Bertz CT molecular complexity index is 404. The van der Waals surface area contributed by atoms with Crippen molar-refractivity contribution in [3.63, 3.8) is 0 Å². The summed E-state index contributed by atoms with van der Waals surface area (Å²) in [4.78, 5) is 12.5. The largest absolute Gasteiger partial charge is 0.504 e. The van der Waals surface area contributed by atoms with E-state index in [2.05, 4.69) is 4.99 Å². The van der Waals surface area contributed by atoms with E-state index in [1.54, 1.807) is 0 Å². The third kappa shape index (κ3) is 2.02. The molecule has 0 aromatic heterocycles. The van der Waals surface area contributed by atoms with Gasteiger partial charge in [-0.3, -0.25) is 0 Å². The maximum atomic E-state index is 13.0. The summed E-state index contributed by atoms with van der Waals surface area (Å²) >= 11 is 5.53. The standard InChI is InChI=1S/C8H5ClFNO3/c9-5-2-7(14)6(13)1-4(5)8(10)11-3-12/h1-2,8,13-14H. The molecule has 1 atom stereocenters. The molecule has 0 saturated heterocycles. The second-order valence-corrected chi connectivity index (χ2v) is 2.83. The number of alkyl halides is 1. The first kappa shape index (κ1) is 10.5. The van der Waals surface area contributed by atoms with Crippen LogP contribution in [0.1, 0.15) is 11.9 Å². The van der Waals surface area contributed by atoms with Gasteiger partial charge < -0.3 is 10.2 Å². The Kier molecular flexibility index (Phi) is 3.06. The Labute approximate surface area is 83.3 Å². The smallest absolute Gasteiger partial charge is 0.238 e. The SMILES string of the molecule is O=C=NC(F)c1cc(O)c(O)cc1Cl. The first-order chi connectivity index (χ1) is 6.56. The van der Waals surface area contributed by atoms with Crippen molar-refractivity contribution in [2.45, 2.75) is 6.30 Å². The zero-order valence-corrected chi connectivity index (χ0v) is 7.49. The Morgan fingerprint density at radius 1 is 1.43 bits per heavy atom. The van der Waals surface area contributed by atoms with E-state index in [1.165, 1.54) is 0 Å². The fourth-order valence-corrected chi connectivity index (χ4v) is 1.11. The number of aromatic hydroxyl groups is 2. The third-order valence-corrected chi connectivity index (χ3v) is 1.84. The molecule has 0 heterocycles. The van der Waals surface area contributed by atoms with Crippen molar-refractivity contribution >= 4 is 17.7 Å². The molecule has 1 aromatic rings. The molecule has 1 aromatic carbocycles. The molecule has 2 N–H and O–H groups in total. The van der Waals surface area contributed by atoms with Crippen LogP contribution >= 0.6 is 11.6 Å². The van der Waals surface area contributed by atoms with Gasteiger partial charge in [-0.1, -0.05) is 11.6 Å². The molecule has 0 saturated carbocycles. The Hall–Kier alpha value is -1.58. The molecule has 0 fully saturated rings. The van der Waals surface area contributed by atoms with Gasteiger partial charge in [-0.25, -0.2) is 9.18 Å². The highest BCUT2D eigenvalue weighted by Gasteiger charge is 2.15. The van der Waals surface area contributed by atoms with Crippen molar-refractivity contribution in [3.05, 3.63) is 22.7 Å². The molecule has 0 aliphatic carbocycles. The molecular weight excluding hydrogens is 213 g/mol. The molecule has 0 aliphatic heterocycles. The average Bonchev–Trinajstić information content (AvgIpc) is 2.11. The lowest BCUT2D eigenvalue weighted by atomic mass is 10.2. The molecular formula is C8H5ClFNO3. The van der Waals surface area contributed by atoms with Crippen molar-refractivity contribution in [2.75, 3.05) is 0 Å². The van der Waals surface area contributed by atoms with E-state index in [4.69, 9.17) is 21.8 Å². The van der Waals surface area contributed by atoms with E-state index in [1.807, 2.05) is 0 Å². The summed E-state index contributed by atoms with van der Waals surface area (Å²) in [6, 6.07) is 1.85. The van der Waals surface area contributed by atoms with Crippen molar-refractivity contribution in [3.8, 4) is 11.5 Å². The van der Waals surface area contributed by atoms with Gasteiger partial charge in [0.25, 0.3) is 0 Å². The van der Waals surface area contributed by atoms with E-state index in [9.17, 15) is 9.18 Å². The number of phenols is 2. The van der Waals surface area contributed by atoms with E-state index in [0.29, 0.717) is 0 Å². The number of halogens is 2. The van der Waals surface area contributed by atoms with Crippen LogP contribution in [0.4, 0.5) is 4.39 Å². The molecule has 0 amide bonds. The first-order valence-corrected chi connectivity index (χ1v) is 3.86. The van der Waals surface area contributed by atoms with E-state index >= 15 is 0 Å². The molecule has 74 valence electrons. The Morgan fingerprint density at radius 3 is 2.57 bits per heavy atom. The van der Waals surface area contributed by atoms with Gasteiger partial charge >= 0.3 is 0 Å². The lowest BCUT2D eigenvalue weighted by molar-refractivity contribution is 0.352. The average molecular weight is 218 g/mol. The number of hydrogen-bond acceptors (Lipinski definition) is 4. The molecule has 6 heteroatoms. The lowest BCUT2D eigenvalue weighted by Gasteiger charge is -2.06. The van der Waals surface area contributed by atoms with E-state index < -0.39 is 17.8 Å². The second kappa shape index (κ2) is 4.09. The number of phenolic OH excluding ortho intramolecular Hbond substituents is 2. The number of rotatable bonds is 2. The zero-order valence-electron chi connectivity index (χ0n) is 6.74. The highest BCUT2D eigenvalue weighted by Crippen LogP contribution is 2.35. The summed E-state index contributed by atoms with van der Waals surface area (Å²) in [7, 11) is 0. The van der Waals surface area contributed by atoms with Crippen LogP contribution in [-0.4, -0.2) is 16.3 Å². The summed E-state index contributed by atoms with van der Waals surface area (Å²) in [5, 5.41) is 17.9. The Balaban J connectivity index is 3.21. The summed E-state index contributed by atoms with van der Waals surface area (Å²) in [6.07, 6.45) is -0.970. The monoisotopic (exact) mass is 217 g/mol. The third-order valence-electron chi connectivity index (χ3n) is 1.52. The van der Waals surface area contributed by atoms with Crippen LogP contribution in [0.5, 0.6) is 11.5 Å². The van der Waals surface area contributed by atoms with Crippen LogP contribution in [-0.2, 0) is 4.79 Å². The summed E-state index contributed by atoms with van der Waals surface area (Å²) in [6.45, 7) is 0. The van der Waals surface area contributed by atoms with Crippen molar-refractivity contribution in [2.24, 2.45) is 4.99 Å². The molecule has 0 aliphatic rings. The van der Waals surface area contributed by atoms with Crippen LogP contribution in [0.15, 0.2) is 17.1 Å². The van der Waals surface area contributed by atoms with Gasteiger partial charge in [0, 0.05) is 11.6 Å². The highest BCUT2D eigenvalue weighted by atomic mass is 35.5. The van der Waals surface area contributed by atoms with E-state index in [-0.39, 0.29) is 10.6 Å². The number of aliphatic imine (C=N–C) groups is 1. The molecule has 14 heavy (non-hydrogen) atoms. The number of nitrogens with zero attached hydrogens (tertiary/aromatic N) is 1. The van der Waals surface area contributed by atoms with Crippen LogP contribution < -0.4 is 0 Å². The minimum absolute atomic E-state index is 0.133. The number of isocyanates is 1. The lowest BCUT2D eigenvalue weighted by Crippen LogP contribution is -1.89. The second-order valence-electron chi connectivity index (χ2n) is 2.42. The molecule has 0 spiro atoms. The predicted molar refractivity (Wildman–Crippen MR) is 46.8 cm³/mol. The highest BCUT2D eigenvalue weighted by molar-refractivity contribution is 6.31. The molecule has 1 unspecified atom stereocenters. The van der Waals surface area contributed by atoms with Crippen LogP contribution in [0.2, 0.25) is 5.02 Å². The van der Waals surface area contributed by atoms with Crippen LogP contribution in [0, 0.1) is 0 Å². The maximum absolute atomic E-state index is 13.0. The van der Waals surface area contributed by atoms with E-state index in [0.717, 1.165) is 18.2 Å². The normalized spacial score (nSPS) is 11.9. The summed E-state index contributed by atoms with van der Waals surface area (Å²) in [5.41, 5.74) is -0.203. The van der Waals surface area contributed by atoms with Crippen molar-refractivity contribution in [1.82, 2.24) is 0 Å². The van der Waals surface area contributed by atoms with Crippen molar-refractivity contribution < 1.29 is 19.4 Å². The quantitative estimate of drug-likeness (QED) is 0.345. The molecule has 0 bridgehead atoms. The van der Waals surface area contributed by atoms with Crippen molar-refractivity contribution in [1.29, 1.82) is 0 Å². The maximum Gasteiger partial charge on any atom is 0.238 e. The fraction of sp³-hybridized carbons (Fsp3) is 0.125. The van der Waals surface area contributed by atoms with Gasteiger partial charge in [-0.15, -0.1) is 0 Å². The Morgan fingerprint density at radius 2 is 2.00 bits per heavy atom. The molecule has 1 rings (SSSR count). The van der Waals surface area contributed by atoms with Crippen LogP contribution in [0.25, 0.3) is 0 Å². The zero-order chi connectivity index (χ0) is 10.7. The number of carbonyl (C=O) groups excluding carboxylic acids is 1. The van der Waals surface area contributed by atoms with Gasteiger partial charge in [-0.05, 0) is 6.07 Å². The van der Waals surface area contributed by atoms with Crippen LogP contribution in [0.3, 0.4) is 0 Å². The van der Waals surface area contributed by atoms with Gasteiger partial charge in [0.1, 0.15) is 0 Å².